The first-order valence-corrected chi connectivity index (χ1v) is 11.8. The van der Waals surface area contributed by atoms with Gasteiger partial charge in [0.05, 0.1) is 5.56 Å². The van der Waals surface area contributed by atoms with E-state index in [9.17, 15) is 9.59 Å². The number of aryl methyl sites for hydroxylation is 2. The van der Waals surface area contributed by atoms with Gasteiger partial charge in [0, 0.05) is 0 Å². The van der Waals surface area contributed by atoms with Crippen LogP contribution in [0.15, 0.2) is 72.8 Å². The summed E-state index contributed by atoms with van der Waals surface area (Å²) in [5, 5.41) is 2.45. The summed E-state index contributed by atoms with van der Waals surface area (Å²) < 4.78 is 17.0. The molecule has 0 fully saturated rings. The van der Waals surface area contributed by atoms with E-state index in [2.05, 4.69) is 16.2 Å². The normalized spacial score (nSPS) is 11.1. The summed E-state index contributed by atoms with van der Waals surface area (Å²) in [5.41, 5.74) is 7.45. The molecular formula is C27H29N3O5S. The molecule has 0 spiro atoms. The van der Waals surface area contributed by atoms with Gasteiger partial charge in [0.15, 0.2) is 11.2 Å². The lowest BCUT2D eigenvalue weighted by Gasteiger charge is -2.17. The molecule has 1 unspecified atom stereocenters. The Hall–Kier alpha value is -4.11. The highest BCUT2D eigenvalue weighted by atomic mass is 32.1. The summed E-state index contributed by atoms with van der Waals surface area (Å²) in [6, 6.07) is 21.7. The number of carbonyl (C=O) groups is 2. The molecule has 3 aromatic rings. The summed E-state index contributed by atoms with van der Waals surface area (Å²) in [7, 11) is 0. The van der Waals surface area contributed by atoms with E-state index in [1.165, 1.54) is 0 Å². The third kappa shape index (κ3) is 7.99. The molecule has 0 aliphatic heterocycles. The van der Waals surface area contributed by atoms with Crippen molar-refractivity contribution in [2.45, 2.75) is 26.9 Å². The van der Waals surface area contributed by atoms with Gasteiger partial charge in [-0.15, -0.1) is 0 Å². The fourth-order valence-electron chi connectivity index (χ4n) is 3.07. The van der Waals surface area contributed by atoms with Crippen LogP contribution in [0.1, 0.15) is 28.4 Å². The van der Waals surface area contributed by atoms with Crippen LogP contribution in [0.3, 0.4) is 0 Å². The van der Waals surface area contributed by atoms with Crippen molar-refractivity contribution in [1.82, 2.24) is 16.2 Å². The molecule has 0 aromatic heterocycles. The molecule has 1 atom stereocenters. The van der Waals surface area contributed by atoms with E-state index >= 15 is 0 Å². The van der Waals surface area contributed by atoms with Crippen LogP contribution in [0.25, 0.3) is 0 Å². The number of thiocarbonyl (C=S) groups is 1. The van der Waals surface area contributed by atoms with Gasteiger partial charge in [0.2, 0.25) is 0 Å². The van der Waals surface area contributed by atoms with Crippen LogP contribution in [0.5, 0.6) is 17.2 Å². The minimum Gasteiger partial charge on any atom is -0.490 e. The minimum atomic E-state index is -0.787. The fraction of sp³-hybridized carbons (Fsp3) is 0.222. The summed E-state index contributed by atoms with van der Waals surface area (Å²) in [6.45, 7) is 6.14. The molecule has 0 saturated heterocycles. The van der Waals surface area contributed by atoms with Crippen molar-refractivity contribution in [1.29, 1.82) is 0 Å². The van der Waals surface area contributed by atoms with Crippen LogP contribution in [0.2, 0.25) is 0 Å². The average molecular weight is 508 g/mol. The monoisotopic (exact) mass is 507 g/mol. The van der Waals surface area contributed by atoms with Gasteiger partial charge in [-0.3, -0.25) is 25.8 Å². The number of hydrogen-bond donors (Lipinski definition) is 3. The number of rotatable bonds is 9. The Labute approximate surface area is 215 Å². The van der Waals surface area contributed by atoms with Crippen LogP contribution >= 0.6 is 12.2 Å². The Kier molecular flexibility index (Phi) is 9.64. The molecule has 0 aliphatic carbocycles. The van der Waals surface area contributed by atoms with E-state index in [0.29, 0.717) is 23.7 Å². The second kappa shape index (κ2) is 13.1. The molecule has 8 nitrogen and oxygen atoms in total. The second-order valence-electron chi connectivity index (χ2n) is 7.91. The third-order valence-corrected chi connectivity index (χ3v) is 5.38. The van der Waals surface area contributed by atoms with Gasteiger partial charge in [-0.2, -0.15) is 0 Å². The summed E-state index contributed by atoms with van der Waals surface area (Å²) >= 11 is 5.14. The van der Waals surface area contributed by atoms with Crippen LogP contribution in [-0.4, -0.2) is 36.2 Å². The van der Waals surface area contributed by atoms with Crippen molar-refractivity contribution in [2.24, 2.45) is 0 Å². The molecule has 2 amide bonds. The van der Waals surface area contributed by atoms with Crippen molar-refractivity contribution >= 4 is 29.1 Å². The number of carbonyl (C=O) groups excluding carboxylic acids is 2. The van der Waals surface area contributed by atoms with Crippen molar-refractivity contribution < 1.29 is 23.8 Å². The third-order valence-electron chi connectivity index (χ3n) is 5.17. The zero-order valence-corrected chi connectivity index (χ0v) is 21.2. The van der Waals surface area contributed by atoms with E-state index in [4.69, 9.17) is 26.4 Å². The van der Waals surface area contributed by atoms with Crippen LogP contribution in [-0.2, 0) is 4.79 Å². The SMILES string of the molecule is Cc1ccc(OC(C)C(=O)NNC(=S)NC(=O)c2ccccc2OCCOc2ccccc2)cc1C. The topological polar surface area (TPSA) is 97.9 Å². The number of amides is 2. The lowest BCUT2D eigenvalue weighted by molar-refractivity contribution is -0.127. The van der Waals surface area contributed by atoms with Gasteiger partial charge in [-0.25, -0.2) is 0 Å². The number of benzene rings is 3. The molecule has 0 saturated carbocycles. The zero-order chi connectivity index (χ0) is 25.9. The average Bonchev–Trinajstić information content (AvgIpc) is 2.88. The maximum atomic E-state index is 12.7. The fourth-order valence-corrected chi connectivity index (χ4v) is 3.22. The summed E-state index contributed by atoms with van der Waals surface area (Å²) in [6.07, 6.45) is -0.787. The first-order valence-electron chi connectivity index (χ1n) is 11.4. The Balaban J connectivity index is 1.45. The number of hydrogen-bond acceptors (Lipinski definition) is 6. The minimum absolute atomic E-state index is 0.0751. The molecule has 0 radical (unpaired) electrons. The van der Waals surface area contributed by atoms with Crippen molar-refractivity contribution in [3.63, 3.8) is 0 Å². The first kappa shape index (κ1) is 26.5. The molecule has 0 bridgehead atoms. The van der Waals surface area contributed by atoms with Gasteiger partial charge in [0.25, 0.3) is 11.8 Å². The maximum absolute atomic E-state index is 12.7. The van der Waals surface area contributed by atoms with Crippen LogP contribution in [0.4, 0.5) is 0 Å². The first-order chi connectivity index (χ1) is 17.3. The lowest BCUT2D eigenvalue weighted by atomic mass is 10.1. The smallest absolute Gasteiger partial charge is 0.279 e. The van der Waals surface area contributed by atoms with Gasteiger partial charge in [0.1, 0.15) is 30.5 Å². The van der Waals surface area contributed by atoms with Gasteiger partial charge < -0.3 is 14.2 Å². The van der Waals surface area contributed by atoms with E-state index in [0.717, 1.165) is 16.9 Å². The van der Waals surface area contributed by atoms with Crippen LogP contribution in [0, 0.1) is 13.8 Å². The number of ether oxygens (including phenoxy) is 3. The molecular weight excluding hydrogens is 478 g/mol. The molecule has 0 heterocycles. The molecule has 3 aromatic carbocycles. The number of para-hydroxylation sites is 2. The molecule has 188 valence electrons. The zero-order valence-electron chi connectivity index (χ0n) is 20.4. The highest BCUT2D eigenvalue weighted by Crippen LogP contribution is 2.19. The van der Waals surface area contributed by atoms with Crippen molar-refractivity contribution in [2.75, 3.05) is 13.2 Å². The van der Waals surface area contributed by atoms with E-state index in [-0.39, 0.29) is 11.7 Å². The Bertz CT molecular complexity index is 1200. The maximum Gasteiger partial charge on any atom is 0.279 e. The van der Waals surface area contributed by atoms with Crippen LogP contribution < -0.4 is 30.4 Å². The summed E-state index contributed by atoms with van der Waals surface area (Å²) in [4.78, 5) is 25.1. The Morgan fingerprint density at radius 2 is 1.53 bits per heavy atom. The largest absolute Gasteiger partial charge is 0.490 e. The molecule has 3 N–H and O–H groups in total. The van der Waals surface area contributed by atoms with E-state index < -0.39 is 17.9 Å². The summed E-state index contributed by atoms with van der Waals surface area (Å²) in [5.74, 6) is 0.767. The lowest BCUT2D eigenvalue weighted by Crippen LogP contribution is -2.51. The molecule has 9 heteroatoms. The second-order valence-corrected chi connectivity index (χ2v) is 8.32. The standard InChI is InChI=1S/C27H29N3O5S/c1-18-13-14-22(17-19(18)2)35-20(3)25(31)29-30-27(36)28-26(32)23-11-7-8-12-24(23)34-16-15-33-21-9-5-4-6-10-21/h4-14,17,20H,15-16H2,1-3H3,(H,29,31)(H2,28,30,32,36). The van der Waals surface area contributed by atoms with Crippen molar-refractivity contribution in [3.05, 3.63) is 89.5 Å². The van der Waals surface area contributed by atoms with E-state index in [1.807, 2.05) is 56.3 Å². The molecule has 0 aliphatic rings. The Morgan fingerprint density at radius 3 is 2.28 bits per heavy atom. The predicted molar refractivity (Wildman–Crippen MR) is 141 cm³/mol. The van der Waals surface area contributed by atoms with E-state index in [1.54, 1.807) is 37.3 Å². The number of nitrogens with one attached hydrogen (secondary N) is 3. The highest BCUT2D eigenvalue weighted by molar-refractivity contribution is 7.80. The Morgan fingerprint density at radius 1 is 0.833 bits per heavy atom. The number of hydrazine groups is 1. The quantitative estimate of drug-likeness (QED) is 0.230. The predicted octanol–water partition coefficient (Wildman–Crippen LogP) is 3.86. The van der Waals surface area contributed by atoms with Gasteiger partial charge >= 0.3 is 0 Å². The molecule has 36 heavy (non-hydrogen) atoms. The highest BCUT2D eigenvalue weighted by Gasteiger charge is 2.17. The van der Waals surface area contributed by atoms with Gasteiger partial charge in [-0.05, 0) is 80.5 Å². The van der Waals surface area contributed by atoms with Crippen molar-refractivity contribution in [3.8, 4) is 17.2 Å². The van der Waals surface area contributed by atoms with Gasteiger partial charge in [-0.1, -0.05) is 36.4 Å². The molecule has 3 rings (SSSR count).